The summed E-state index contributed by atoms with van der Waals surface area (Å²) in [5.74, 6) is 2.14. The fourth-order valence-electron chi connectivity index (χ4n) is 5.21. The molecule has 33 heavy (non-hydrogen) atoms. The summed E-state index contributed by atoms with van der Waals surface area (Å²) in [6.45, 7) is 6.98. The fourth-order valence-corrected chi connectivity index (χ4v) is 5.98. The SMILES string of the molecule is Cc1cnc(N2CCC([C@]3(C)Cc4cc(C5=CCN(S(C)(=O)=O)CC5)ncc4O3)CC2)nc1. The van der Waals surface area contributed by atoms with Crippen LogP contribution in [0, 0.1) is 12.8 Å². The molecule has 5 heterocycles. The first-order valence-electron chi connectivity index (χ1n) is 11.6. The third-order valence-corrected chi connectivity index (χ3v) is 8.48. The summed E-state index contributed by atoms with van der Waals surface area (Å²) in [5, 5.41) is 0. The first-order chi connectivity index (χ1) is 15.7. The lowest BCUT2D eigenvalue weighted by Gasteiger charge is -2.40. The monoisotopic (exact) mass is 469 g/mol. The van der Waals surface area contributed by atoms with Gasteiger partial charge in [-0.1, -0.05) is 6.08 Å². The largest absolute Gasteiger partial charge is 0.485 e. The van der Waals surface area contributed by atoms with E-state index in [0.717, 1.165) is 60.9 Å². The van der Waals surface area contributed by atoms with Crippen LogP contribution in [0.2, 0.25) is 0 Å². The molecule has 5 rings (SSSR count). The molecule has 0 radical (unpaired) electrons. The van der Waals surface area contributed by atoms with Crippen LogP contribution in [0.15, 0.2) is 30.7 Å². The van der Waals surface area contributed by atoms with Gasteiger partial charge in [0.2, 0.25) is 16.0 Å². The molecule has 0 bridgehead atoms. The molecule has 2 aromatic heterocycles. The number of fused-ring (bicyclic) bond motifs is 1. The topological polar surface area (TPSA) is 88.5 Å². The Morgan fingerprint density at radius 2 is 1.82 bits per heavy atom. The van der Waals surface area contributed by atoms with Crippen molar-refractivity contribution in [1.82, 2.24) is 19.3 Å². The van der Waals surface area contributed by atoms with Crippen LogP contribution in [0.25, 0.3) is 5.57 Å². The smallest absolute Gasteiger partial charge is 0.225 e. The maximum Gasteiger partial charge on any atom is 0.225 e. The molecule has 3 aliphatic rings. The van der Waals surface area contributed by atoms with Gasteiger partial charge in [-0.2, -0.15) is 4.31 Å². The van der Waals surface area contributed by atoms with Gasteiger partial charge in [0, 0.05) is 56.5 Å². The number of sulfonamides is 1. The van der Waals surface area contributed by atoms with Gasteiger partial charge in [-0.3, -0.25) is 4.98 Å². The summed E-state index contributed by atoms with van der Waals surface area (Å²) in [6, 6.07) is 2.14. The number of hydrogen-bond donors (Lipinski definition) is 0. The van der Waals surface area contributed by atoms with E-state index in [0.29, 0.717) is 25.4 Å². The fraction of sp³-hybridized carbons (Fsp3) is 0.542. The Morgan fingerprint density at radius 1 is 1.09 bits per heavy atom. The average molecular weight is 470 g/mol. The highest BCUT2D eigenvalue weighted by Gasteiger charge is 2.43. The Labute approximate surface area is 195 Å². The quantitative estimate of drug-likeness (QED) is 0.680. The predicted octanol–water partition coefficient (Wildman–Crippen LogP) is 2.84. The number of aryl methyl sites for hydroxylation is 1. The van der Waals surface area contributed by atoms with Gasteiger partial charge in [-0.05, 0) is 50.3 Å². The van der Waals surface area contributed by atoms with Gasteiger partial charge in [-0.15, -0.1) is 0 Å². The molecule has 0 spiro atoms. The van der Waals surface area contributed by atoms with E-state index in [1.54, 1.807) is 0 Å². The van der Waals surface area contributed by atoms with Crippen LogP contribution in [0.1, 0.15) is 43.0 Å². The summed E-state index contributed by atoms with van der Waals surface area (Å²) in [7, 11) is -3.16. The first kappa shape index (κ1) is 22.3. The highest BCUT2D eigenvalue weighted by Crippen LogP contribution is 2.43. The molecule has 1 atom stereocenters. The standard InChI is InChI=1S/C24H31N5O3S/c1-17-14-26-23(27-15-17)28-8-6-20(7-9-28)24(2)13-19-12-21(25-16-22(19)32-24)18-4-10-29(11-5-18)33(3,30)31/h4,12,14-16,20H,5-11,13H2,1-3H3/t24-/m0/s1. The summed E-state index contributed by atoms with van der Waals surface area (Å²) in [5.41, 5.74) is 4.07. The van der Waals surface area contributed by atoms with Gasteiger partial charge < -0.3 is 9.64 Å². The highest BCUT2D eigenvalue weighted by molar-refractivity contribution is 7.88. The molecule has 2 aromatic rings. The van der Waals surface area contributed by atoms with Crippen molar-refractivity contribution in [3.05, 3.63) is 47.6 Å². The van der Waals surface area contributed by atoms with Crippen LogP contribution in [-0.4, -0.2) is 65.7 Å². The second-order valence-electron chi connectivity index (χ2n) is 9.69. The highest BCUT2D eigenvalue weighted by atomic mass is 32.2. The number of nitrogens with zero attached hydrogens (tertiary/aromatic N) is 5. The number of anilines is 1. The van der Waals surface area contributed by atoms with Crippen molar-refractivity contribution < 1.29 is 13.2 Å². The Kier molecular flexibility index (Phi) is 5.64. The van der Waals surface area contributed by atoms with E-state index < -0.39 is 10.0 Å². The summed E-state index contributed by atoms with van der Waals surface area (Å²) in [6.07, 6.45) is 12.4. The van der Waals surface area contributed by atoms with E-state index in [9.17, 15) is 8.42 Å². The maximum atomic E-state index is 11.8. The van der Waals surface area contributed by atoms with Gasteiger partial charge in [0.1, 0.15) is 11.4 Å². The van der Waals surface area contributed by atoms with Crippen LogP contribution >= 0.6 is 0 Å². The third kappa shape index (κ3) is 4.48. The molecule has 0 aromatic carbocycles. The molecular weight excluding hydrogens is 438 g/mol. The Hall–Kier alpha value is -2.52. The second kappa shape index (κ2) is 8.36. The first-order valence-corrected chi connectivity index (χ1v) is 13.4. The van der Waals surface area contributed by atoms with Gasteiger partial charge in [0.05, 0.1) is 18.1 Å². The molecule has 176 valence electrons. The van der Waals surface area contributed by atoms with Gasteiger partial charge in [0.15, 0.2) is 0 Å². The van der Waals surface area contributed by atoms with Crippen LogP contribution in [-0.2, 0) is 16.4 Å². The van der Waals surface area contributed by atoms with Crippen LogP contribution in [0.3, 0.4) is 0 Å². The molecule has 0 saturated carbocycles. The van der Waals surface area contributed by atoms with E-state index in [-0.39, 0.29) is 5.60 Å². The van der Waals surface area contributed by atoms with Gasteiger partial charge in [0.25, 0.3) is 0 Å². The number of pyridine rings is 1. The van der Waals surface area contributed by atoms with Gasteiger partial charge in [-0.25, -0.2) is 18.4 Å². The molecule has 0 unspecified atom stereocenters. The lowest BCUT2D eigenvalue weighted by molar-refractivity contribution is 0.0347. The van der Waals surface area contributed by atoms with E-state index in [2.05, 4.69) is 32.8 Å². The van der Waals surface area contributed by atoms with Crippen molar-refractivity contribution in [3.8, 4) is 5.75 Å². The maximum absolute atomic E-state index is 11.8. The summed E-state index contributed by atoms with van der Waals surface area (Å²) in [4.78, 5) is 15.9. The minimum Gasteiger partial charge on any atom is -0.485 e. The molecule has 3 aliphatic heterocycles. The molecular formula is C24H31N5O3S. The lowest BCUT2D eigenvalue weighted by Crippen LogP contribution is -2.46. The molecule has 1 fully saturated rings. The lowest BCUT2D eigenvalue weighted by atomic mass is 9.79. The van der Waals surface area contributed by atoms with Crippen molar-refractivity contribution >= 4 is 21.5 Å². The molecule has 0 amide bonds. The average Bonchev–Trinajstić information content (AvgIpc) is 3.16. The molecule has 8 nitrogen and oxygen atoms in total. The zero-order valence-electron chi connectivity index (χ0n) is 19.5. The van der Waals surface area contributed by atoms with Crippen LogP contribution in [0.4, 0.5) is 5.95 Å². The predicted molar refractivity (Wildman–Crippen MR) is 128 cm³/mol. The number of piperidine rings is 1. The molecule has 0 aliphatic carbocycles. The van der Waals surface area contributed by atoms with Gasteiger partial charge >= 0.3 is 0 Å². The Morgan fingerprint density at radius 3 is 2.45 bits per heavy atom. The zero-order chi connectivity index (χ0) is 23.2. The minimum absolute atomic E-state index is 0.239. The van der Waals surface area contributed by atoms with Crippen molar-refractivity contribution in [1.29, 1.82) is 0 Å². The van der Waals surface area contributed by atoms with E-state index in [4.69, 9.17) is 4.74 Å². The zero-order valence-corrected chi connectivity index (χ0v) is 20.3. The van der Waals surface area contributed by atoms with E-state index in [1.165, 1.54) is 16.1 Å². The minimum atomic E-state index is -3.16. The molecule has 1 saturated heterocycles. The second-order valence-corrected chi connectivity index (χ2v) is 11.7. The van der Waals surface area contributed by atoms with Crippen LogP contribution in [0.5, 0.6) is 5.75 Å². The summed E-state index contributed by atoms with van der Waals surface area (Å²) >= 11 is 0. The Balaban J connectivity index is 1.25. The summed E-state index contributed by atoms with van der Waals surface area (Å²) < 4.78 is 31.5. The van der Waals surface area contributed by atoms with E-state index in [1.807, 2.05) is 31.6 Å². The number of ether oxygens (including phenoxy) is 1. The third-order valence-electron chi connectivity index (χ3n) is 7.21. The molecule has 9 heteroatoms. The van der Waals surface area contributed by atoms with Crippen molar-refractivity contribution in [3.63, 3.8) is 0 Å². The molecule has 0 N–H and O–H groups in total. The van der Waals surface area contributed by atoms with Crippen LogP contribution < -0.4 is 9.64 Å². The van der Waals surface area contributed by atoms with Crippen molar-refractivity contribution in [2.45, 2.75) is 45.1 Å². The Bertz CT molecular complexity index is 1170. The normalized spacial score (nSPS) is 24.3. The van der Waals surface area contributed by atoms with Crippen molar-refractivity contribution in [2.75, 3.05) is 37.3 Å². The van der Waals surface area contributed by atoms with E-state index >= 15 is 0 Å². The number of aromatic nitrogens is 3. The number of hydrogen-bond acceptors (Lipinski definition) is 7. The van der Waals surface area contributed by atoms with Crippen molar-refractivity contribution in [2.24, 2.45) is 5.92 Å². The number of rotatable bonds is 4.